The van der Waals surface area contributed by atoms with Gasteiger partial charge in [0.1, 0.15) is 5.69 Å². The van der Waals surface area contributed by atoms with Crippen molar-refractivity contribution in [3.8, 4) is 0 Å². The number of aromatic nitrogens is 1. The molecule has 0 bridgehead atoms. The molecule has 1 N–H and O–H groups in total. The number of rotatable bonds is 2. The van der Waals surface area contributed by atoms with E-state index >= 15 is 0 Å². The van der Waals surface area contributed by atoms with Gasteiger partial charge >= 0.3 is 0 Å². The third-order valence-electron chi connectivity index (χ3n) is 4.77. The van der Waals surface area contributed by atoms with Crippen LogP contribution in [0, 0.1) is 13.8 Å². The molecule has 0 aromatic carbocycles. The van der Waals surface area contributed by atoms with E-state index in [0.29, 0.717) is 5.69 Å². The SMILES string of the molecule is Cc1ccc(C(=O)NC2CCOC23CCCC3)nc1C. The second-order valence-electron chi connectivity index (χ2n) is 6.03. The molecule has 20 heavy (non-hydrogen) atoms. The van der Waals surface area contributed by atoms with Crippen LogP contribution in [0.4, 0.5) is 0 Å². The van der Waals surface area contributed by atoms with Gasteiger partial charge in [0, 0.05) is 12.3 Å². The highest BCUT2D eigenvalue weighted by atomic mass is 16.5. The van der Waals surface area contributed by atoms with Crippen molar-refractivity contribution in [1.29, 1.82) is 0 Å². The minimum absolute atomic E-state index is 0.0742. The molecule has 1 saturated carbocycles. The number of pyridine rings is 1. The third kappa shape index (κ3) is 2.33. The van der Waals surface area contributed by atoms with Gasteiger partial charge in [-0.3, -0.25) is 4.79 Å². The average Bonchev–Trinajstić information content (AvgIpc) is 3.05. The maximum atomic E-state index is 12.4. The number of nitrogens with one attached hydrogen (secondary N) is 1. The number of hydrogen-bond donors (Lipinski definition) is 1. The Morgan fingerprint density at radius 2 is 2.10 bits per heavy atom. The average molecular weight is 274 g/mol. The molecule has 1 unspecified atom stereocenters. The van der Waals surface area contributed by atoms with Crippen LogP contribution in [0.1, 0.15) is 53.8 Å². The highest BCUT2D eigenvalue weighted by Crippen LogP contribution is 2.41. The lowest BCUT2D eigenvalue weighted by molar-refractivity contribution is -0.00404. The van der Waals surface area contributed by atoms with Gasteiger partial charge in [0.2, 0.25) is 0 Å². The lowest BCUT2D eigenvalue weighted by atomic mass is 9.92. The maximum absolute atomic E-state index is 12.4. The third-order valence-corrected chi connectivity index (χ3v) is 4.77. The number of ether oxygens (including phenoxy) is 1. The standard InChI is InChI=1S/C16H22N2O2/c1-11-5-6-13(17-12(11)2)15(19)18-14-7-10-20-16(14)8-3-4-9-16/h5-6,14H,3-4,7-10H2,1-2H3,(H,18,19). The Hall–Kier alpha value is -1.42. The van der Waals surface area contributed by atoms with Gasteiger partial charge in [-0.25, -0.2) is 4.98 Å². The van der Waals surface area contributed by atoms with Gasteiger partial charge < -0.3 is 10.1 Å². The van der Waals surface area contributed by atoms with Crippen LogP contribution in [0.15, 0.2) is 12.1 Å². The van der Waals surface area contributed by atoms with Crippen molar-refractivity contribution in [2.45, 2.75) is 57.6 Å². The van der Waals surface area contributed by atoms with Gasteiger partial charge in [-0.2, -0.15) is 0 Å². The van der Waals surface area contributed by atoms with Crippen molar-refractivity contribution in [1.82, 2.24) is 10.3 Å². The largest absolute Gasteiger partial charge is 0.373 e. The maximum Gasteiger partial charge on any atom is 0.270 e. The molecule has 1 saturated heterocycles. The number of carbonyl (C=O) groups excluding carboxylic acids is 1. The first-order chi connectivity index (χ1) is 9.61. The van der Waals surface area contributed by atoms with Crippen LogP contribution >= 0.6 is 0 Å². The predicted molar refractivity (Wildman–Crippen MR) is 76.7 cm³/mol. The number of aryl methyl sites for hydroxylation is 2. The number of nitrogens with zero attached hydrogens (tertiary/aromatic N) is 1. The smallest absolute Gasteiger partial charge is 0.270 e. The molecular weight excluding hydrogens is 252 g/mol. The van der Waals surface area contributed by atoms with Gasteiger partial charge in [-0.1, -0.05) is 18.9 Å². The Morgan fingerprint density at radius 3 is 2.80 bits per heavy atom. The predicted octanol–water partition coefficient (Wildman–Crippen LogP) is 2.53. The molecule has 1 spiro atoms. The molecule has 0 radical (unpaired) electrons. The summed E-state index contributed by atoms with van der Waals surface area (Å²) in [5.41, 5.74) is 2.43. The molecule has 3 rings (SSSR count). The second kappa shape index (κ2) is 5.17. The highest BCUT2D eigenvalue weighted by molar-refractivity contribution is 5.92. The minimum atomic E-state index is -0.102. The van der Waals surface area contributed by atoms with Crippen LogP contribution in [-0.4, -0.2) is 29.1 Å². The normalized spacial score (nSPS) is 24.2. The van der Waals surface area contributed by atoms with E-state index in [-0.39, 0.29) is 17.6 Å². The van der Waals surface area contributed by atoms with Crippen molar-refractivity contribution < 1.29 is 9.53 Å². The Kier molecular flexibility index (Phi) is 3.50. The fourth-order valence-electron chi connectivity index (χ4n) is 3.40. The first-order valence-corrected chi connectivity index (χ1v) is 7.50. The molecular formula is C16H22N2O2. The first-order valence-electron chi connectivity index (χ1n) is 7.50. The van der Waals surface area contributed by atoms with E-state index in [1.807, 2.05) is 19.9 Å². The zero-order valence-electron chi connectivity index (χ0n) is 12.2. The molecule has 2 aliphatic rings. The summed E-state index contributed by atoms with van der Waals surface area (Å²) in [7, 11) is 0. The summed E-state index contributed by atoms with van der Waals surface area (Å²) in [6.45, 7) is 4.69. The fraction of sp³-hybridized carbons (Fsp3) is 0.625. The summed E-state index contributed by atoms with van der Waals surface area (Å²) in [4.78, 5) is 16.8. The lowest BCUT2D eigenvalue weighted by Gasteiger charge is -2.30. The van der Waals surface area contributed by atoms with Crippen molar-refractivity contribution in [2.24, 2.45) is 0 Å². The van der Waals surface area contributed by atoms with E-state index in [0.717, 1.165) is 37.1 Å². The highest BCUT2D eigenvalue weighted by Gasteiger charge is 2.46. The summed E-state index contributed by atoms with van der Waals surface area (Å²) in [6, 6.07) is 3.89. The van der Waals surface area contributed by atoms with Crippen molar-refractivity contribution in [3.63, 3.8) is 0 Å². The van der Waals surface area contributed by atoms with Gasteiger partial charge in [-0.15, -0.1) is 0 Å². The Morgan fingerprint density at radius 1 is 1.35 bits per heavy atom. The van der Waals surface area contributed by atoms with Crippen LogP contribution in [0.5, 0.6) is 0 Å². The molecule has 4 nitrogen and oxygen atoms in total. The van der Waals surface area contributed by atoms with Crippen LogP contribution in [0.3, 0.4) is 0 Å². The Labute approximate surface area is 119 Å². The number of amides is 1. The van der Waals surface area contributed by atoms with Crippen LogP contribution < -0.4 is 5.32 Å². The van der Waals surface area contributed by atoms with Crippen LogP contribution in [0.2, 0.25) is 0 Å². The molecule has 1 aliphatic carbocycles. The summed E-state index contributed by atoms with van der Waals surface area (Å²) in [5.74, 6) is -0.0742. The molecule has 1 aromatic heterocycles. The number of hydrogen-bond acceptors (Lipinski definition) is 3. The van der Waals surface area contributed by atoms with E-state index in [4.69, 9.17) is 4.74 Å². The van der Waals surface area contributed by atoms with Crippen molar-refractivity contribution in [2.75, 3.05) is 6.61 Å². The minimum Gasteiger partial charge on any atom is -0.373 e. The van der Waals surface area contributed by atoms with Gasteiger partial charge in [0.15, 0.2) is 0 Å². The van der Waals surface area contributed by atoms with Crippen LogP contribution in [0.25, 0.3) is 0 Å². The summed E-state index contributed by atoms with van der Waals surface area (Å²) in [6.07, 6.45) is 5.45. The number of carbonyl (C=O) groups is 1. The van der Waals surface area contributed by atoms with Gasteiger partial charge in [0.05, 0.1) is 11.6 Å². The molecule has 108 valence electrons. The molecule has 1 amide bonds. The molecule has 1 aliphatic heterocycles. The van der Waals surface area contributed by atoms with E-state index in [9.17, 15) is 4.79 Å². The summed E-state index contributed by atoms with van der Waals surface area (Å²) < 4.78 is 5.96. The summed E-state index contributed by atoms with van der Waals surface area (Å²) >= 11 is 0. The van der Waals surface area contributed by atoms with E-state index < -0.39 is 0 Å². The lowest BCUT2D eigenvalue weighted by Crippen LogP contribution is -2.48. The quantitative estimate of drug-likeness (QED) is 0.901. The van der Waals surface area contributed by atoms with Crippen LogP contribution in [-0.2, 0) is 4.74 Å². The zero-order valence-corrected chi connectivity index (χ0v) is 12.2. The van der Waals surface area contributed by atoms with E-state index in [2.05, 4.69) is 10.3 Å². The molecule has 2 fully saturated rings. The first kappa shape index (κ1) is 13.6. The molecule has 4 heteroatoms. The molecule has 1 atom stereocenters. The van der Waals surface area contributed by atoms with Gasteiger partial charge in [-0.05, 0) is 44.7 Å². The monoisotopic (exact) mass is 274 g/mol. The summed E-state index contributed by atoms with van der Waals surface area (Å²) in [5, 5.41) is 3.15. The zero-order chi connectivity index (χ0) is 14.2. The van der Waals surface area contributed by atoms with E-state index in [1.165, 1.54) is 12.8 Å². The topological polar surface area (TPSA) is 51.2 Å². The second-order valence-corrected chi connectivity index (χ2v) is 6.03. The van der Waals surface area contributed by atoms with E-state index in [1.54, 1.807) is 6.07 Å². The Bertz CT molecular complexity index is 516. The fourth-order valence-corrected chi connectivity index (χ4v) is 3.40. The van der Waals surface area contributed by atoms with Gasteiger partial charge in [0.25, 0.3) is 5.91 Å². The Balaban J connectivity index is 1.73. The molecule has 1 aromatic rings. The van der Waals surface area contributed by atoms with Crippen molar-refractivity contribution >= 4 is 5.91 Å². The molecule has 2 heterocycles. The van der Waals surface area contributed by atoms with Crippen molar-refractivity contribution in [3.05, 3.63) is 29.1 Å².